The molecule has 26 heavy (non-hydrogen) atoms. The second-order valence-corrected chi connectivity index (χ2v) is 7.60. The number of aryl methyl sites for hydroxylation is 2. The molecule has 1 aromatic carbocycles. The van der Waals surface area contributed by atoms with Gasteiger partial charge < -0.3 is 9.47 Å². The second kappa shape index (κ2) is 7.41. The first-order valence-electron chi connectivity index (χ1n) is 8.59. The lowest BCUT2D eigenvalue weighted by molar-refractivity contribution is -0.645. The van der Waals surface area contributed by atoms with Gasteiger partial charge in [-0.3, -0.25) is 10.5 Å². The lowest BCUT2D eigenvalue weighted by Gasteiger charge is -2.28. The Kier molecular flexibility index (Phi) is 5.66. The molecular formula is C20H27N2O4+. The Hall–Kier alpha value is -2.47. The second-order valence-electron chi connectivity index (χ2n) is 7.60. The molecule has 1 atom stereocenters. The van der Waals surface area contributed by atoms with E-state index in [9.17, 15) is 9.59 Å². The number of hydrogen-bond donors (Lipinski definition) is 1. The fourth-order valence-corrected chi connectivity index (χ4v) is 2.58. The van der Waals surface area contributed by atoms with Crippen LogP contribution < -0.4 is 10.3 Å². The SMILES string of the molecule is C[n+]1cc(CCC(=O)OC(C)(N)C(=O)OC(C)(C)C)cc2ccccc21. The molecule has 2 aromatic rings. The monoisotopic (exact) mass is 359 g/mol. The zero-order valence-electron chi connectivity index (χ0n) is 16.0. The number of ether oxygens (including phenoxy) is 2. The van der Waals surface area contributed by atoms with Crippen molar-refractivity contribution in [1.29, 1.82) is 0 Å². The van der Waals surface area contributed by atoms with E-state index < -0.39 is 23.3 Å². The van der Waals surface area contributed by atoms with Gasteiger partial charge in [-0.2, -0.15) is 0 Å². The number of esters is 2. The zero-order valence-corrected chi connectivity index (χ0v) is 16.0. The summed E-state index contributed by atoms with van der Waals surface area (Å²) in [5.41, 5.74) is 5.41. The number of aromatic nitrogens is 1. The first kappa shape index (κ1) is 19.8. The van der Waals surface area contributed by atoms with Gasteiger partial charge >= 0.3 is 11.9 Å². The van der Waals surface area contributed by atoms with Crippen LogP contribution in [0.2, 0.25) is 0 Å². The number of carbonyl (C=O) groups is 2. The van der Waals surface area contributed by atoms with Crippen LogP contribution in [0.4, 0.5) is 0 Å². The highest BCUT2D eigenvalue weighted by Gasteiger charge is 2.37. The molecule has 0 aliphatic carbocycles. The smallest absolute Gasteiger partial charge is 0.366 e. The molecule has 2 rings (SSSR count). The van der Waals surface area contributed by atoms with Gasteiger partial charge in [0.2, 0.25) is 5.52 Å². The maximum absolute atomic E-state index is 12.1. The highest BCUT2D eigenvalue weighted by molar-refractivity contribution is 5.82. The first-order valence-corrected chi connectivity index (χ1v) is 8.59. The molecule has 6 heteroatoms. The first-order chi connectivity index (χ1) is 12.0. The average Bonchev–Trinajstić information content (AvgIpc) is 2.51. The molecule has 6 nitrogen and oxygen atoms in total. The lowest BCUT2D eigenvalue weighted by Crippen LogP contribution is -2.51. The van der Waals surface area contributed by atoms with Crippen molar-refractivity contribution in [1.82, 2.24) is 0 Å². The van der Waals surface area contributed by atoms with E-state index in [-0.39, 0.29) is 6.42 Å². The molecular weight excluding hydrogens is 332 g/mol. The fraction of sp³-hybridized carbons (Fsp3) is 0.450. The highest BCUT2D eigenvalue weighted by atomic mass is 16.6. The summed E-state index contributed by atoms with van der Waals surface area (Å²) in [5.74, 6) is -1.31. The maximum atomic E-state index is 12.1. The van der Waals surface area contributed by atoms with Crippen molar-refractivity contribution < 1.29 is 23.6 Å². The van der Waals surface area contributed by atoms with Crippen LogP contribution >= 0.6 is 0 Å². The Bertz CT molecular complexity index is 822. The number of para-hydroxylation sites is 1. The van der Waals surface area contributed by atoms with E-state index in [1.807, 2.05) is 48.1 Å². The molecule has 1 unspecified atom stereocenters. The number of benzene rings is 1. The molecule has 0 aliphatic rings. The standard InChI is InChI=1S/C20H27N2O4/c1-19(2,3)26-18(24)20(4,21)25-17(23)11-10-14-12-15-8-6-7-9-16(15)22(5)13-14/h6-9,12-13H,10-11,21H2,1-5H3/q+1. The average molecular weight is 359 g/mol. The van der Waals surface area contributed by atoms with Gasteiger partial charge in [0.15, 0.2) is 6.20 Å². The van der Waals surface area contributed by atoms with Crippen LogP contribution in [0.1, 0.15) is 39.7 Å². The van der Waals surface area contributed by atoms with Crippen molar-refractivity contribution in [3.8, 4) is 0 Å². The molecule has 140 valence electrons. The summed E-state index contributed by atoms with van der Waals surface area (Å²) in [6, 6.07) is 10.1. The third-order valence-corrected chi connectivity index (χ3v) is 3.76. The van der Waals surface area contributed by atoms with Crippen molar-refractivity contribution in [2.24, 2.45) is 12.8 Å². The van der Waals surface area contributed by atoms with E-state index in [0.29, 0.717) is 6.42 Å². The van der Waals surface area contributed by atoms with Gasteiger partial charge in [-0.25, -0.2) is 9.36 Å². The number of fused-ring (bicyclic) bond motifs is 1. The number of pyridine rings is 1. The predicted octanol–water partition coefficient (Wildman–Crippen LogP) is 2.16. The molecule has 0 bridgehead atoms. The van der Waals surface area contributed by atoms with E-state index in [1.54, 1.807) is 20.8 Å². The van der Waals surface area contributed by atoms with Crippen LogP contribution in [0.15, 0.2) is 36.5 Å². The minimum Gasteiger partial charge on any atom is -0.456 e. The van der Waals surface area contributed by atoms with Crippen molar-refractivity contribution >= 4 is 22.8 Å². The molecule has 0 radical (unpaired) electrons. The molecule has 0 aliphatic heterocycles. The molecule has 1 aromatic heterocycles. The summed E-state index contributed by atoms with van der Waals surface area (Å²) in [5, 5.41) is 1.10. The number of nitrogens with two attached hydrogens (primary N) is 1. The largest absolute Gasteiger partial charge is 0.456 e. The third-order valence-electron chi connectivity index (χ3n) is 3.76. The van der Waals surface area contributed by atoms with Crippen molar-refractivity contribution in [2.75, 3.05) is 0 Å². The van der Waals surface area contributed by atoms with E-state index in [4.69, 9.17) is 15.2 Å². The van der Waals surface area contributed by atoms with Crippen molar-refractivity contribution in [3.05, 3.63) is 42.1 Å². The number of carbonyl (C=O) groups excluding carboxylic acids is 2. The Morgan fingerprint density at radius 1 is 1.12 bits per heavy atom. The Labute approximate surface area is 153 Å². The molecule has 0 saturated carbocycles. The normalized spacial score (nSPS) is 13.9. The topological polar surface area (TPSA) is 82.5 Å². The van der Waals surface area contributed by atoms with Gasteiger partial charge in [0.25, 0.3) is 5.72 Å². The van der Waals surface area contributed by atoms with Crippen LogP contribution in [0.3, 0.4) is 0 Å². The van der Waals surface area contributed by atoms with Crippen LogP contribution in [-0.4, -0.2) is 23.3 Å². The molecule has 0 saturated heterocycles. The van der Waals surface area contributed by atoms with E-state index in [2.05, 4.69) is 0 Å². The van der Waals surface area contributed by atoms with Gasteiger partial charge in [0.05, 0.1) is 0 Å². The number of nitrogens with zero attached hydrogens (tertiary/aromatic N) is 1. The van der Waals surface area contributed by atoms with Crippen molar-refractivity contribution in [2.45, 2.75) is 51.9 Å². The quantitative estimate of drug-likeness (QED) is 0.502. The molecule has 1 heterocycles. The van der Waals surface area contributed by atoms with E-state index >= 15 is 0 Å². The highest BCUT2D eigenvalue weighted by Crippen LogP contribution is 2.16. The molecule has 2 N–H and O–H groups in total. The maximum Gasteiger partial charge on any atom is 0.366 e. The van der Waals surface area contributed by atoms with E-state index in [0.717, 1.165) is 16.5 Å². The summed E-state index contributed by atoms with van der Waals surface area (Å²) < 4.78 is 12.3. The molecule has 0 spiro atoms. The van der Waals surface area contributed by atoms with Crippen LogP contribution in [0.25, 0.3) is 10.9 Å². The zero-order chi connectivity index (χ0) is 19.5. The summed E-state index contributed by atoms with van der Waals surface area (Å²) in [7, 11) is 1.96. The van der Waals surface area contributed by atoms with Crippen LogP contribution in [-0.2, 0) is 32.5 Å². The minimum atomic E-state index is -1.81. The van der Waals surface area contributed by atoms with Gasteiger partial charge in [0, 0.05) is 30.4 Å². The van der Waals surface area contributed by atoms with Gasteiger partial charge in [-0.05, 0) is 39.3 Å². The lowest BCUT2D eigenvalue weighted by atomic mass is 10.1. The molecule has 0 fully saturated rings. The third kappa shape index (κ3) is 5.26. The summed E-state index contributed by atoms with van der Waals surface area (Å²) in [4.78, 5) is 24.2. The minimum absolute atomic E-state index is 0.119. The summed E-state index contributed by atoms with van der Waals surface area (Å²) >= 11 is 0. The fourth-order valence-electron chi connectivity index (χ4n) is 2.58. The van der Waals surface area contributed by atoms with Gasteiger partial charge in [-0.15, -0.1) is 0 Å². The Morgan fingerprint density at radius 3 is 2.42 bits per heavy atom. The van der Waals surface area contributed by atoms with Crippen LogP contribution in [0, 0.1) is 0 Å². The summed E-state index contributed by atoms with van der Waals surface area (Å²) in [6.45, 7) is 6.50. The van der Waals surface area contributed by atoms with Gasteiger partial charge in [-0.1, -0.05) is 12.1 Å². The number of hydrogen-bond acceptors (Lipinski definition) is 5. The van der Waals surface area contributed by atoms with E-state index in [1.165, 1.54) is 6.92 Å². The van der Waals surface area contributed by atoms with Crippen molar-refractivity contribution in [3.63, 3.8) is 0 Å². The van der Waals surface area contributed by atoms with Crippen LogP contribution in [0.5, 0.6) is 0 Å². The summed E-state index contributed by atoms with van der Waals surface area (Å²) in [6.07, 6.45) is 2.58. The van der Waals surface area contributed by atoms with Gasteiger partial charge in [0.1, 0.15) is 12.6 Å². The Morgan fingerprint density at radius 2 is 1.77 bits per heavy atom. The molecule has 0 amide bonds. The number of rotatable bonds is 5. The predicted molar refractivity (Wildman–Crippen MR) is 98.0 cm³/mol. The Balaban J connectivity index is 1.99.